The Morgan fingerprint density at radius 1 is 1.23 bits per heavy atom. The number of carbonyl (C=O) groups is 2. The minimum Gasteiger partial charge on any atom is -0.480 e. The van der Waals surface area contributed by atoms with Crippen molar-refractivity contribution in [1.29, 1.82) is 0 Å². The van der Waals surface area contributed by atoms with Gasteiger partial charge >= 0.3 is 12.1 Å². The molecule has 1 heterocycles. The molecule has 2 rings (SSSR count). The summed E-state index contributed by atoms with van der Waals surface area (Å²) in [6.07, 6.45) is -0.875. The molecule has 30 heavy (non-hydrogen) atoms. The third-order valence-electron chi connectivity index (χ3n) is 4.58. The molecule has 12 heteroatoms. The van der Waals surface area contributed by atoms with Gasteiger partial charge < -0.3 is 14.7 Å². The van der Waals surface area contributed by atoms with Crippen molar-refractivity contribution in [3.63, 3.8) is 0 Å². The zero-order valence-electron chi connectivity index (χ0n) is 16.7. The summed E-state index contributed by atoms with van der Waals surface area (Å²) >= 11 is 17.9. The van der Waals surface area contributed by atoms with E-state index in [1.54, 1.807) is 20.8 Å². The third kappa shape index (κ3) is 5.50. The van der Waals surface area contributed by atoms with Crippen molar-refractivity contribution < 1.29 is 27.9 Å². The van der Waals surface area contributed by atoms with E-state index in [4.69, 9.17) is 39.5 Å². The first-order valence-electron chi connectivity index (χ1n) is 9.00. The number of piperidine rings is 1. The lowest BCUT2D eigenvalue weighted by Gasteiger charge is -2.39. The number of benzene rings is 1. The van der Waals surface area contributed by atoms with Crippen molar-refractivity contribution in [1.82, 2.24) is 9.62 Å². The van der Waals surface area contributed by atoms with Crippen LogP contribution in [0.3, 0.4) is 0 Å². The van der Waals surface area contributed by atoms with E-state index in [1.807, 2.05) is 0 Å². The number of likely N-dealkylation sites (tertiary alicyclic amines) is 1. The lowest BCUT2D eigenvalue weighted by molar-refractivity contribution is -0.146. The number of nitrogens with zero attached hydrogens (tertiary/aromatic N) is 1. The Morgan fingerprint density at radius 2 is 1.80 bits per heavy atom. The van der Waals surface area contributed by atoms with Crippen LogP contribution in [0.4, 0.5) is 4.79 Å². The highest BCUT2D eigenvalue weighted by molar-refractivity contribution is 7.89. The lowest BCUT2D eigenvalue weighted by atomic mass is 9.89. The van der Waals surface area contributed by atoms with Gasteiger partial charge in [0.25, 0.3) is 0 Å². The highest BCUT2D eigenvalue weighted by atomic mass is 35.5. The van der Waals surface area contributed by atoms with Crippen molar-refractivity contribution in [2.45, 2.75) is 55.5 Å². The van der Waals surface area contributed by atoms with E-state index in [9.17, 15) is 23.1 Å². The topological polar surface area (TPSA) is 113 Å². The number of rotatable bonds is 5. The number of alkyl halides is 1. The number of hydrogen-bond donors (Lipinski definition) is 2. The Morgan fingerprint density at radius 3 is 2.27 bits per heavy atom. The molecule has 8 nitrogen and oxygen atoms in total. The molecular formula is C18H23Cl3N2O6S. The summed E-state index contributed by atoms with van der Waals surface area (Å²) in [6, 6.07) is 2.52. The van der Waals surface area contributed by atoms with E-state index in [0.717, 1.165) is 0 Å². The average Bonchev–Trinajstić information content (AvgIpc) is 2.60. The molecule has 2 N–H and O–H groups in total. The van der Waals surface area contributed by atoms with Gasteiger partial charge in [-0.15, -0.1) is 11.6 Å². The van der Waals surface area contributed by atoms with Gasteiger partial charge in [-0.1, -0.05) is 23.2 Å². The highest BCUT2D eigenvalue weighted by Gasteiger charge is 2.46. The quantitative estimate of drug-likeness (QED) is 0.592. The maximum absolute atomic E-state index is 13.0. The van der Waals surface area contributed by atoms with Crippen molar-refractivity contribution in [2.24, 2.45) is 0 Å². The zero-order valence-corrected chi connectivity index (χ0v) is 19.8. The molecule has 1 amide bonds. The fraction of sp³-hybridized carbons (Fsp3) is 0.556. The summed E-state index contributed by atoms with van der Waals surface area (Å²) in [6.45, 7) is 5.16. The van der Waals surface area contributed by atoms with Crippen LogP contribution in [0.5, 0.6) is 0 Å². The van der Waals surface area contributed by atoms with Crippen LogP contribution >= 0.6 is 34.8 Å². The Hall–Kier alpha value is -1.26. The third-order valence-corrected chi connectivity index (χ3v) is 7.33. The van der Waals surface area contributed by atoms with E-state index >= 15 is 0 Å². The molecule has 1 aliphatic heterocycles. The minimum absolute atomic E-state index is 0.00497. The maximum atomic E-state index is 13.0. The van der Waals surface area contributed by atoms with Gasteiger partial charge in [0.05, 0.1) is 10.9 Å². The largest absolute Gasteiger partial charge is 0.480 e. The van der Waals surface area contributed by atoms with E-state index in [0.29, 0.717) is 0 Å². The van der Waals surface area contributed by atoms with Gasteiger partial charge in [0.1, 0.15) is 16.0 Å². The van der Waals surface area contributed by atoms with Crippen LogP contribution in [0.2, 0.25) is 10.0 Å². The number of amides is 1. The molecule has 0 unspecified atom stereocenters. The average molecular weight is 502 g/mol. The van der Waals surface area contributed by atoms with Gasteiger partial charge in [-0.05, 0) is 45.7 Å². The summed E-state index contributed by atoms with van der Waals surface area (Å²) in [5.41, 5.74) is -2.28. The Bertz CT molecular complexity index is 938. The number of nitrogens with one attached hydrogen (secondary N) is 1. The predicted octanol–water partition coefficient (Wildman–Crippen LogP) is 3.86. The number of ether oxygens (including phenoxy) is 1. The fourth-order valence-corrected chi connectivity index (χ4v) is 5.72. The molecular weight excluding hydrogens is 479 g/mol. The first-order valence-corrected chi connectivity index (χ1v) is 11.8. The monoisotopic (exact) mass is 500 g/mol. The summed E-state index contributed by atoms with van der Waals surface area (Å²) in [7, 11) is -4.32. The predicted molar refractivity (Wildman–Crippen MR) is 114 cm³/mol. The van der Waals surface area contributed by atoms with E-state index in [2.05, 4.69) is 4.72 Å². The van der Waals surface area contributed by atoms with E-state index in [1.165, 1.54) is 17.0 Å². The van der Waals surface area contributed by atoms with Gasteiger partial charge in [0.15, 0.2) is 0 Å². The van der Waals surface area contributed by atoms with Crippen molar-refractivity contribution in [3.05, 3.63) is 27.7 Å². The Kier molecular flexibility index (Phi) is 7.57. The van der Waals surface area contributed by atoms with E-state index < -0.39 is 33.2 Å². The van der Waals surface area contributed by atoms with Crippen LogP contribution in [-0.4, -0.2) is 54.7 Å². The molecule has 0 aliphatic carbocycles. The van der Waals surface area contributed by atoms with Crippen molar-refractivity contribution in [3.8, 4) is 0 Å². The first-order chi connectivity index (χ1) is 13.7. The standard InChI is InChI=1S/C18H23Cl3N2O6S/c1-17(2,3)29-16(26)23-8-6-18(7-9-23,15(24)25)22-30(27,28)13-5-4-12(20)11(10-19)14(13)21/h4-5,22H,6-10H2,1-3H3,(H,24,25). The van der Waals surface area contributed by atoms with Gasteiger partial charge in [-0.2, -0.15) is 4.72 Å². The van der Waals surface area contributed by atoms with Crippen LogP contribution < -0.4 is 4.72 Å². The summed E-state index contributed by atoms with van der Waals surface area (Å²) in [5.74, 6) is -1.46. The number of aliphatic carboxylic acids is 1. The molecule has 0 aromatic heterocycles. The number of sulfonamides is 1. The van der Waals surface area contributed by atoms with Gasteiger partial charge in [-0.3, -0.25) is 4.79 Å². The van der Waals surface area contributed by atoms with Crippen LogP contribution in [-0.2, 0) is 25.4 Å². The second-order valence-corrected chi connectivity index (χ2v) is 10.6. The smallest absolute Gasteiger partial charge is 0.410 e. The van der Waals surface area contributed by atoms with Crippen molar-refractivity contribution in [2.75, 3.05) is 13.1 Å². The molecule has 0 radical (unpaired) electrons. The molecule has 0 bridgehead atoms. The summed E-state index contributed by atoms with van der Waals surface area (Å²) in [4.78, 5) is 25.3. The summed E-state index contributed by atoms with van der Waals surface area (Å²) < 4.78 is 33.5. The molecule has 1 aromatic carbocycles. The van der Waals surface area contributed by atoms with Crippen LogP contribution in [0.15, 0.2) is 17.0 Å². The zero-order chi connectivity index (χ0) is 22.9. The van der Waals surface area contributed by atoms with Crippen LogP contribution in [0, 0.1) is 0 Å². The number of carboxylic acid groups (broad SMARTS) is 1. The molecule has 168 valence electrons. The molecule has 0 atom stereocenters. The molecule has 0 saturated carbocycles. The minimum atomic E-state index is -4.32. The lowest BCUT2D eigenvalue weighted by Crippen LogP contribution is -2.60. The van der Waals surface area contributed by atoms with Gasteiger partial charge in [0, 0.05) is 23.7 Å². The highest BCUT2D eigenvalue weighted by Crippen LogP contribution is 2.34. The van der Waals surface area contributed by atoms with Gasteiger partial charge in [0.2, 0.25) is 10.0 Å². The van der Waals surface area contributed by atoms with Gasteiger partial charge in [-0.25, -0.2) is 13.2 Å². The summed E-state index contributed by atoms with van der Waals surface area (Å²) in [5, 5.41) is 9.82. The number of hydrogen-bond acceptors (Lipinski definition) is 5. The van der Waals surface area contributed by atoms with Crippen molar-refractivity contribution >= 4 is 56.9 Å². The SMILES string of the molecule is CC(C)(C)OC(=O)N1CCC(NS(=O)(=O)c2ccc(Cl)c(CCl)c2Cl)(C(=O)O)CC1. The Labute approximate surface area is 190 Å². The molecule has 1 fully saturated rings. The Balaban J connectivity index is 2.27. The second-order valence-electron chi connectivity index (χ2n) is 7.93. The molecule has 0 spiro atoms. The van der Waals surface area contributed by atoms with Crippen LogP contribution in [0.25, 0.3) is 0 Å². The second kappa shape index (κ2) is 9.08. The molecule has 1 aromatic rings. The maximum Gasteiger partial charge on any atom is 0.410 e. The first kappa shape index (κ1) is 25.0. The number of carboxylic acids is 1. The molecule has 1 aliphatic rings. The fourth-order valence-electron chi connectivity index (χ4n) is 2.98. The molecule has 1 saturated heterocycles. The normalized spacial score (nSPS) is 16.9. The number of halogens is 3. The van der Waals surface area contributed by atoms with E-state index in [-0.39, 0.29) is 52.3 Å². The number of carbonyl (C=O) groups excluding carboxylic acids is 1. The van der Waals surface area contributed by atoms with Crippen LogP contribution in [0.1, 0.15) is 39.2 Å².